The summed E-state index contributed by atoms with van der Waals surface area (Å²) in [5.41, 5.74) is 0.571. The second-order valence-corrected chi connectivity index (χ2v) is 3.79. The van der Waals surface area contributed by atoms with Crippen molar-refractivity contribution < 1.29 is 19.6 Å². The molecule has 0 radical (unpaired) electrons. The largest absolute Gasteiger partial charge is 0.490 e. The molecule has 90 valence electrons. The molecule has 2 rings (SSSR count). The van der Waals surface area contributed by atoms with Crippen molar-refractivity contribution in [1.29, 1.82) is 0 Å². The van der Waals surface area contributed by atoms with E-state index in [9.17, 15) is 4.79 Å². The van der Waals surface area contributed by atoms with Crippen LogP contribution in [0.4, 0.5) is 0 Å². The van der Waals surface area contributed by atoms with Gasteiger partial charge in [-0.15, -0.1) is 0 Å². The molecule has 1 amide bonds. The van der Waals surface area contributed by atoms with Crippen molar-refractivity contribution >= 4 is 18.5 Å². The second-order valence-electron chi connectivity index (χ2n) is 3.79. The standard InChI is InChI=1S/C10H13BN2O4/c14-10(13-1-3-17-4-2-13)8-5-9(11(15)16)7-12-6-8/h5-7,15-16H,1-4H2. The molecule has 0 atom stereocenters. The molecule has 2 heterocycles. The Morgan fingerprint density at radius 2 is 2.06 bits per heavy atom. The third kappa shape index (κ3) is 2.82. The SMILES string of the molecule is O=C(c1cncc(B(O)O)c1)N1CCOCC1. The Labute approximate surface area is 99.0 Å². The Balaban J connectivity index is 2.15. The number of pyridine rings is 1. The van der Waals surface area contributed by atoms with Crippen molar-refractivity contribution in [1.82, 2.24) is 9.88 Å². The smallest absolute Gasteiger partial charge is 0.423 e. The average Bonchev–Trinajstić information content (AvgIpc) is 2.39. The van der Waals surface area contributed by atoms with E-state index in [2.05, 4.69) is 4.98 Å². The highest BCUT2D eigenvalue weighted by Crippen LogP contribution is 2.05. The van der Waals surface area contributed by atoms with Crippen molar-refractivity contribution in [3.63, 3.8) is 0 Å². The molecule has 0 spiro atoms. The maximum Gasteiger partial charge on any atom is 0.490 e. The lowest BCUT2D eigenvalue weighted by molar-refractivity contribution is 0.0302. The fourth-order valence-corrected chi connectivity index (χ4v) is 1.66. The van der Waals surface area contributed by atoms with Gasteiger partial charge < -0.3 is 19.7 Å². The summed E-state index contributed by atoms with van der Waals surface area (Å²) in [6, 6.07) is 1.44. The zero-order chi connectivity index (χ0) is 12.3. The summed E-state index contributed by atoms with van der Waals surface area (Å²) >= 11 is 0. The summed E-state index contributed by atoms with van der Waals surface area (Å²) in [6.07, 6.45) is 2.74. The summed E-state index contributed by atoms with van der Waals surface area (Å²) in [7, 11) is -1.61. The number of carbonyl (C=O) groups excluding carboxylic acids is 1. The van der Waals surface area contributed by atoms with E-state index in [1.54, 1.807) is 4.90 Å². The predicted octanol–water partition coefficient (Wildman–Crippen LogP) is -1.77. The summed E-state index contributed by atoms with van der Waals surface area (Å²) in [5, 5.41) is 18.0. The molecule has 0 saturated carbocycles. The van der Waals surface area contributed by atoms with Gasteiger partial charge in [-0.05, 0) is 6.07 Å². The number of ether oxygens (including phenoxy) is 1. The molecule has 6 nitrogen and oxygen atoms in total. The fraction of sp³-hybridized carbons (Fsp3) is 0.400. The van der Waals surface area contributed by atoms with Crippen LogP contribution in [-0.2, 0) is 4.74 Å². The van der Waals surface area contributed by atoms with Gasteiger partial charge in [0.25, 0.3) is 5.91 Å². The topological polar surface area (TPSA) is 82.9 Å². The van der Waals surface area contributed by atoms with Gasteiger partial charge in [0.2, 0.25) is 0 Å². The predicted molar refractivity (Wildman–Crippen MR) is 60.8 cm³/mol. The van der Waals surface area contributed by atoms with Gasteiger partial charge in [0.1, 0.15) is 0 Å². The summed E-state index contributed by atoms with van der Waals surface area (Å²) in [5.74, 6) is -0.164. The highest BCUT2D eigenvalue weighted by atomic mass is 16.5. The molecule has 1 aliphatic heterocycles. The maximum atomic E-state index is 12.0. The number of hydrogen-bond donors (Lipinski definition) is 2. The number of rotatable bonds is 2. The van der Waals surface area contributed by atoms with Crippen LogP contribution in [-0.4, -0.2) is 59.3 Å². The van der Waals surface area contributed by atoms with Gasteiger partial charge in [-0.25, -0.2) is 0 Å². The second kappa shape index (κ2) is 5.26. The summed E-state index contributed by atoms with van der Waals surface area (Å²) in [4.78, 5) is 17.5. The molecule has 0 aromatic carbocycles. The molecule has 1 fully saturated rings. The van der Waals surface area contributed by atoms with Crippen molar-refractivity contribution in [2.45, 2.75) is 0 Å². The summed E-state index contributed by atoms with van der Waals surface area (Å²) < 4.78 is 5.16. The van der Waals surface area contributed by atoms with Crippen LogP contribution in [0, 0.1) is 0 Å². The lowest BCUT2D eigenvalue weighted by atomic mass is 9.81. The zero-order valence-electron chi connectivity index (χ0n) is 9.24. The number of nitrogens with zero attached hydrogens (tertiary/aromatic N) is 2. The highest BCUT2D eigenvalue weighted by molar-refractivity contribution is 6.58. The molecule has 2 N–H and O–H groups in total. The zero-order valence-corrected chi connectivity index (χ0v) is 9.24. The number of hydrogen-bond acceptors (Lipinski definition) is 5. The molecule has 0 aliphatic carbocycles. The van der Waals surface area contributed by atoms with E-state index in [0.717, 1.165) is 0 Å². The average molecular weight is 236 g/mol. The number of carbonyl (C=O) groups is 1. The quantitative estimate of drug-likeness (QED) is 0.594. The van der Waals surface area contributed by atoms with E-state index < -0.39 is 7.12 Å². The van der Waals surface area contributed by atoms with Crippen LogP contribution in [0.2, 0.25) is 0 Å². The normalized spacial score (nSPS) is 15.8. The Bertz CT molecular complexity index is 407. The third-order valence-electron chi connectivity index (χ3n) is 2.60. The van der Waals surface area contributed by atoms with Gasteiger partial charge >= 0.3 is 7.12 Å². The lowest BCUT2D eigenvalue weighted by Gasteiger charge is -2.26. The van der Waals surface area contributed by atoms with Crippen molar-refractivity contribution in [2.24, 2.45) is 0 Å². The maximum absolute atomic E-state index is 12.0. The molecular weight excluding hydrogens is 223 g/mol. The van der Waals surface area contributed by atoms with Crippen molar-refractivity contribution in [3.8, 4) is 0 Å². The number of morpholine rings is 1. The van der Waals surface area contributed by atoms with E-state index in [4.69, 9.17) is 14.8 Å². The highest BCUT2D eigenvalue weighted by Gasteiger charge is 2.20. The monoisotopic (exact) mass is 236 g/mol. The van der Waals surface area contributed by atoms with E-state index in [-0.39, 0.29) is 11.4 Å². The van der Waals surface area contributed by atoms with Crippen LogP contribution >= 0.6 is 0 Å². The minimum atomic E-state index is -1.61. The molecule has 0 bridgehead atoms. The first-order valence-electron chi connectivity index (χ1n) is 5.36. The van der Waals surface area contributed by atoms with Gasteiger partial charge in [-0.1, -0.05) is 0 Å². The van der Waals surface area contributed by atoms with E-state index in [1.165, 1.54) is 18.5 Å². The van der Waals surface area contributed by atoms with Crippen LogP contribution in [0.3, 0.4) is 0 Å². The lowest BCUT2D eigenvalue weighted by Crippen LogP contribution is -2.41. The van der Waals surface area contributed by atoms with Crippen LogP contribution < -0.4 is 5.46 Å². The van der Waals surface area contributed by atoms with Gasteiger partial charge in [0.15, 0.2) is 0 Å². The first kappa shape index (κ1) is 12.0. The third-order valence-corrected chi connectivity index (χ3v) is 2.60. The molecule has 1 saturated heterocycles. The Morgan fingerprint density at radius 3 is 2.71 bits per heavy atom. The molecule has 1 aromatic heterocycles. The first-order chi connectivity index (χ1) is 8.18. The van der Waals surface area contributed by atoms with Crippen LogP contribution in [0.25, 0.3) is 0 Å². The molecule has 0 unspecified atom stereocenters. The van der Waals surface area contributed by atoms with Crippen molar-refractivity contribution in [3.05, 3.63) is 24.0 Å². The summed E-state index contributed by atoms with van der Waals surface area (Å²) in [6.45, 7) is 2.15. The van der Waals surface area contributed by atoms with E-state index >= 15 is 0 Å². The van der Waals surface area contributed by atoms with Gasteiger partial charge in [-0.2, -0.15) is 0 Å². The number of aromatic nitrogens is 1. The Hall–Kier alpha value is -1.44. The first-order valence-corrected chi connectivity index (χ1v) is 5.36. The fourth-order valence-electron chi connectivity index (χ4n) is 1.66. The number of amides is 1. The molecule has 1 aliphatic rings. The van der Waals surface area contributed by atoms with Gasteiger partial charge in [0.05, 0.1) is 18.8 Å². The molecule has 17 heavy (non-hydrogen) atoms. The van der Waals surface area contributed by atoms with Gasteiger partial charge in [-0.3, -0.25) is 9.78 Å². The Morgan fingerprint density at radius 1 is 1.35 bits per heavy atom. The Kier molecular flexibility index (Phi) is 3.73. The minimum Gasteiger partial charge on any atom is -0.423 e. The molecule has 7 heteroatoms. The van der Waals surface area contributed by atoms with Crippen LogP contribution in [0.15, 0.2) is 18.5 Å². The van der Waals surface area contributed by atoms with Gasteiger partial charge in [0, 0.05) is 30.9 Å². The molecular formula is C10H13BN2O4. The molecule has 1 aromatic rings. The minimum absolute atomic E-state index is 0.164. The van der Waals surface area contributed by atoms with Crippen molar-refractivity contribution in [2.75, 3.05) is 26.3 Å². The van der Waals surface area contributed by atoms with Crippen LogP contribution in [0.1, 0.15) is 10.4 Å². The van der Waals surface area contributed by atoms with E-state index in [1.807, 2.05) is 0 Å². The van der Waals surface area contributed by atoms with Crippen LogP contribution in [0.5, 0.6) is 0 Å². The van der Waals surface area contributed by atoms with E-state index in [0.29, 0.717) is 31.9 Å².